The third-order valence-electron chi connectivity index (χ3n) is 6.09. The van der Waals surface area contributed by atoms with Crippen LogP contribution < -0.4 is 10.2 Å². The number of para-hydroxylation sites is 1. The maximum absolute atomic E-state index is 13.6. The highest BCUT2D eigenvalue weighted by Crippen LogP contribution is 2.36. The fourth-order valence-corrected chi connectivity index (χ4v) is 4.72. The number of carbonyl (C=O) groups excluding carboxylic acids is 1. The number of nitrogens with one attached hydrogen (secondary N) is 1. The van der Waals surface area contributed by atoms with E-state index in [2.05, 4.69) is 17.4 Å². The molecule has 1 N–H and O–H groups in total. The lowest BCUT2D eigenvalue weighted by molar-refractivity contribution is 0.102. The molecule has 0 unspecified atom stereocenters. The van der Waals surface area contributed by atoms with Crippen LogP contribution in [0.5, 0.6) is 0 Å². The summed E-state index contributed by atoms with van der Waals surface area (Å²) in [5, 5.41) is 3.04. The Morgan fingerprint density at radius 1 is 0.784 bits per heavy atom. The van der Waals surface area contributed by atoms with Gasteiger partial charge in [-0.05, 0) is 59.8 Å². The fraction of sp³-hybridized carbons (Fsp3) is 0.0968. The fourth-order valence-electron chi connectivity index (χ4n) is 4.16. The molecular weight excluding hydrogens is 478 g/mol. The normalized spacial score (nSPS) is 10.8. The number of thioether (sulfide) groups is 1. The summed E-state index contributed by atoms with van der Waals surface area (Å²) in [4.78, 5) is 21.4. The Labute approximate surface area is 221 Å². The predicted molar refractivity (Wildman–Crippen MR) is 153 cm³/mol. The van der Waals surface area contributed by atoms with Crippen molar-refractivity contribution in [3.8, 4) is 33.9 Å². The van der Waals surface area contributed by atoms with E-state index >= 15 is 0 Å². The molecule has 0 saturated carbocycles. The number of nitrogens with zero attached hydrogens (tertiary/aromatic N) is 2. The van der Waals surface area contributed by atoms with Gasteiger partial charge in [0.15, 0.2) is 11.5 Å². The molecule has 6 heteroatoms. The minimum absolute atomic E-state index is 0.242. The molecule has 0 atom stereocenters. The molecule has 0 aliphatic rings. The summed E-state index contributed by atoms with van der Waals surface area (Å²) in [5.41, 5.74) is 5.67. The number of hydrogen-bond donors (Lipinski definition) is 1. The number of aromatic nitrogens is 1. The molecule has 4 aromatic carbocycles. The Morgan fingerprint density at radius 3 is 2.14 bits per heavy atom. The second-order valence-electron chi connectivity index (χ2n) is 8.70. The van der Waals surface area contributed by atoms with Gasteiger partial charge in [-0.15, -0.1) is 11.8 Å². The van der Waals surface area contributed by atoms with Gasteiger partial charge in [-0.3, -0.25) is 4.79 Å². The van der Waals surface area contributed by atoms with Gasteiger partial charge in [-0.1, -0.05) is 60.7 Å². The molecule has 1 amide bonds. The Kier molecular flexibility index (Phi) is 7.10. The van der Waals surface area contributed by atoms with Crippen LogP contribution >= 0.6 is 11.8 Å². The number of carbonyl (C=O) groups is 1. The molecule has 5 rings (SSSR count). The van der Waals surface area contributed by atoms with Crippen molar-refractivity contribution in [3.05, 3.63) is 109 Å². The summed E-state index contributed by atoms with van der Waals surface area (Å²) in [6.07, 6.45) is 1.98. The van der Waals surface area contributed by atoms with Gasteiger partial charge in [0.25, 0.3) is 5.91 Å². The zero-order valence-corrected chi connectivity index (χ0v) is 21.8. The monoisotopic (exact) mass is 505 g/mol. The lowest BCUT2D eigenvalue weighted by Crippen LogP contribution is -2.14. The molecule has 0 saturated heterocycles. The van der Waals surface area contributed by atoms with Crippen LogP contribution in [0.15, 0.2) is 112 Å². The summed E-state index contributed by atoms with van der Waals surface area (Å²) in [6, 6.07) is 33.7. The third-order valence-corrected chi connectivity index (χ3v) is 6.88. The Morgan fingerprint density at radius 2 is 1.43 bits per heavy atom. The van der Waals surface area contributed by atoms with Crippen molar-refractivity contribution in [2.75, 3.05) is 30.6 Å². The van der Waals surface area contributed by atoms with Gasteiger partial charge >= 0.3 is 0 Å². The Bertz CT molecular complexity index is 1530. The van der Waals surface area contributed by atoms with Crippen molar-refractivity contribution in [3.63, 3.8) is 0 Å². The van der Waals surface area contributed by atoms with Crippen LogP contribution in [0.25, 0.3) is 33.9 Å². The average molecular weight is 506 g/mol. The second-order valence-corrected chi connectivity index (χ2v) is 9.55. The van der Waals surface area contributed by atoms with Gasteiger partial charge in [0.05, 0.1) is 5.69 Å². The van der Waals surface area contributed by atoms with Crippen LogP contribution in [0, 0.1) is 0 Å². The van der Waals surface area contributed by atoms with Crippen LogP contribution in [0.4, 0.5) is 11.4 Å². The average Bonchev–Trinajstić information content (AvgIpc) is 3.39. The topological polar surface area (TPSA) is 58.4 Å². The van der Waals surface area contributed by atoms with E-state index in [0.717, 1.165) is 38.5 Å². The number of oxazole rings is 1. The van der Waals surface area contributed by atoms with E-state index in [1.807, 2.05) is 116 Å². The molecular formula is C31H27N3O2S. The number of benzene rings is 4. The van der Waals surface area contributed by atoms with Crippen molar-refractivity contribution < 1.29 is 9.21 Å². The van der Waals surface area contributed by atoms with Crippen LogP contribution in [0.1, 0.15) is 10.5 Å². The summed E-state index contributed by atoms with van der Waals surface area (Å²) < 4.78 is 6.37. The van der Waals surface area contributed by atoms with Crippen molar-refractivity contribution in [1.29, 1.82) is 0 Å². The van der Waals surface area contributed by atoms with E-state index in [1.165, 1.54) is 0 Å². The smallest absolute Gasteiger partial charge is 0.278 e. The second kappa shape index (κ2) is 10.8. The first-order valence-corrected chi connectivity index (χ1v) is 13.2. The van der Waals surface area contributed by atoms with Gasteiger partial charge < -0.3 is 14.6 Å². The van der Waals surface area contributed by atoms with E-state index in [9.17, 15) is 4.79 Å². The lowest BCUT2D eigenvalue weighted by atomic mass is 10.00. The SMILES string of the molecule is CSc1ccccc1NC(=O)c1nc(-c2ccccc2-c2ccccc2)oc1-c1ccc(N(C)C)cc1. The summed E-state index contributed by atoms with van der Waals surface area (Å²) in [6.45, 7) is 0. The van der Waals surface area contributed by atoms with Gasteiger partial charge in [0.1, 0.15) is 0 Å². The maximum Gasteiger partial charge on any atom is 0.278 e. The van der Waals surface area contributed by atoms with E-state index in [4.69, 9.17) is 9.40 Å². The number of rotatable bonds is 7. The van der Waals surface area contributed by atoms with Gasteiger partial charge in [0, 0.05) is 35.8 Å². The first-order chi connectivity index (χ1) is 18.0. The molecule has 5 aromatic rings. The van der Waals surface area contributed by atoms with E-state index in [0.29, 0.717) is 11.7 Å². The third kappa shape index (κ3) is 5.15. The van der Waals surface area contributed by atoms with Gasteiger partial charge in [-0.25, -0.2) is 4.98 Å². The first-order valence-electron chi connectivity index (χ1n) is 11.9. The standard InChI is InChI=1S/C31H27N3O2S/c1-34(2)23-19-17-22(18-20-23)29-28(30(35)32-26-15-9-10-16-27(26)37-3)33-31(36-29)25-14-8-7-13-24(25)21-11-5-4-6-12-21/h4-20H,1-3H3,(H,32,35). The van der Waals surface area contributed by atoms with Crippen LogP contribution in [-0.2, 0) is 0 Å². The quantitative estimate of drug-likeness (QED) is 0.230. The van der Waals surface area contributed by atoms with E-state index < -0.39 is 0 Å². The summed E-state index contributed by atoms with van der Waals surface area (Å²) in [7, 11) is 3.98. The first kappa shape index (κ1) is 24.4. The lowest BCUT2D eigenvalue weighted by Gasteiger charge is -2.12. The highest BCUT2D eigenvalue weighted by Gasteiger charge is 2.24. The molecule has 0 aliphatic carbocycles. The molecule has 1 aromatic heterocycles. The largest absolute Gasteiger partial charge is 0.435 e. The van der Waals surface area contributed by atoms with Crippen molar-refractivity contribution in [2.24, 2.45) is 0 Å². The highest BCUT2D eigenvalue weighted by molar-refractivity contribution is 7.98. The molecule has 0 spiro atoms. The molecule has 0 fully saturated rings. The molecule has 0 radical (unpaired) electrons. The van der Waals surface area contributed by atoms with Crippen molar-refractivity contribution in [2.45, 2.75) is 4.90 Å². The summed E-state index contributed by atoms with van der Waals surface area (Å²) in [5.74, 6) is 0.511. The molecule has 1 heterocycles. The number of anilines is 2. The number of hydrogen-bond acceptors (Lipinski definition) is 5. The minimum Gasteiger partial charge on any atom is -0.435 e. The van der Waals surface area contributed by atoms with Crippen LogP contribution in [0.2, 0.25) is 0 Å². The molecule has 5 nitrogen and oxygen atoms in total. The van der Waals surface area contributed by atoms with Crippen molar-refractivity contribution >= 4 is 29.0 Å². The van der Waals surface area contributed by atoms with Gasteiger partial charge in [-0.2, -0.15) is 0 Å². The highest BCUT2D eigenvalue weighted by atomic mass is 32.2. The Hall–Kier alpha value is -4.29. The van der Waals surface area contributed by atoms with E-state index in [-0.39, 0.29) is 11.6 Å². The zero-order valence-electron chi connectivity index (χ0n) is 20.9. The molecule has 37 heavy (non-hydrogen) atoms. The predicted octanol–water partition coefficient (Wildman–Crippen LogP) is 7.72. The molecule has 184 valence electrons. The Balaban J connectivity index is 1.62. The van der Waals surface area contributed by atoms with Crippen LogP contribution in [0.3, 0.4) is 0 Å². The van der Waals surface area contributed by atoms with Crippen LogP contribution in [-0.4, -0.2) is 31.2 Å². The molecule has 0 aliphatic heterocycles. The molecule has 0 bridgehead atoms. The zero-order chi connectivity index (χ0) is 25.8. The maximum atomic E-state index is 13.6. The van der Waals surface area contributed by atoms with Crippen molar-refractivity contribution in [1.82, 2.24) is 4.98 Å². The minimum atomic E-state index is -0.319. The number of amides is 1. The van der Waals surface area contributed by atoms with Gasteiger partial charge in [0.2, 0.25) is 5.89 Å². The summed E-state index contributed by atoms with van der Waals surface area (Å²) >= 11 is 1.58. The van der Waals surface area contributed by atoms with E-state index in [1.54, 1.807) is 11.8 Å².